The number of nitrogens with zero attached hydrogens (tertiary/aromatic N) is 2. The van der Waals surface area contributed by atoms with E-state index in [1.807, 2.05) is 6.92 Å². The molecule has 0 atom stereocenters. The second-order valence-electron chi connectivity index (χ2n) is 7.03. The largest absolute Gasteiger partial charge is 0.326 e. The Morgan fingerprint density at radius 1 is 1.28 bits per heavy atom. The maximum Gasteiger partial charge on any atom is 0.326 e. The molecule has 0 bridgehead atoms. The van der Waals surface area contributed by atoms with E-state index < -0.39 is 44.4 Å². The van der Waals surface area contributed by atoms with E-state index in [2.05, 4.69) is 16.0 Å². The zero-order chi connectivity index (χ0) is 20.9. The lowest BCUT2D eigenvalue weighted by Gasteiger charge is -2.13. The number of aromatic amines is 1. The van der Waals surface area contributed by atoms with Crippen molar-refractivity contribution in [2.75, 3.05) is 0 Å². The molecule has 4 rings (SSSR count). The van der Waals surface area contributed by atoms with Gasteiger partial charge in [0.05, 0.1) is 28.7 Å². The number of imidazole rings is 1. The quantitative estimate of drug-likeness (QED) is 0.676. The zero-order valence-corrected chi connectivity index (χ0v) is 16.3. The lowest BCUT2D eigenvalue weighted by Crippen LogP contribution is -2.20. The number of H-pyrrole nitrogens is 1. The summed E-state index contributed by atoms with van der Waals surface area (Å²) in [7, 11) is -4.26. The van der Waals surface area contributed by atoms with Gasteiger partial charge in [0.2, 0.25) is 10.0 Å². The first-order chi connectivity index (χ1) is 13.7. The molecule has 3 aromatic rings. The van der Waals surface area contributed by atoms with Gasteiger partial charge >= 0.3 is 5.69 Å². The maximum atomic E-state index is 14.5. The van der Waals surface area contributed by atoms with E-state index in [1.165, 1.54) is 10.8 Å². The van der Waals surface area contributed by atoms with Crippen molar-refractivity contribution in [3.05, 3.63) is 63.3 Å². The first kappa shape index (κ1) is 19.5. The fourth-order valence-corrected chi connectivity index (χ4v) is 4.27. The van der Waals surface area contributed by atoms with Gasteiger partial charge in [-0.1, -0.05) is 6.08 Å². The lowest BCUT2D eigenvalue weighted by atomic mass is 10.0. The van der Waals surface area contributed by atoms with Gasteiger partial charge in [0.1, 0.15) is 11.6 Å². The van der Waals surface area contributed by atoms with Gasteiger partial charge in [-0.15, -0.1) is 0 Å². The first-order valence-electron chi connectivity index (χ1n) is 8.95. The molecular weight excluding hydrogens is 402 g/mol. The van der Waals surface area contributed by atoms with Crippen molar-refractivity contribution in [1.82, 2.24) is 14.5 Å². The zero-order valence-electron chi connectivity index (χ0n) is 15.5. The van der Waals surface area contributed by atoms with E-state index in [-0.39, 0.29) is 0 Å². The molecule has 0 radical (unpaired) electrons. The van der Waals surface area contributed by atoms with Crippen LogP contribution in [0.4, 0.5) is 8.78 Å². The molecule has 3 N–H and O–H groups in total. The number of nitrogens with one attached hydrogen (secondary N) is 1. The van der Waals surface area contributed by atoms with E-state index in [9.17, 15) is 22.0 Å². The van der Waals surface area contributed by atoms with Gasteiger partial charge in [0.15, 0.2) is 0 Å². The number of aryl methyl sites for hydroxylation is 1. The summed E-state index contributed by atoms with van der Waals surface area (Å²) in [5, 5.41) is 4.95. The number of primary sulfonamides is 1. The highest BCUT2D eigenvalue weighted by Crippen LogP contribution is 2.33. The predicted molar refractivity (Wildman–Crippen MR) is 104 cm³/mol. The SMILES string of the molecule is Cc1ncc2[nH]c(=O)n(Cc3c(F)cc(S(N)(=O)=O)cc3F)c2c1C1=CCCC1. The highest BCUT2D eigenvalue weighted by atomic mass is 32.2. The molecule has 29 heavy (non-hydrogen) atoms. The van der Waals surface area contributed by atoms with Crippen molar-refractivity contribution in [3.63, 3.8) is 0 Å². The Hall–Kier alpha value is -2.85. The molecule has 1 aliphatic carbocycles. The first-order valence-corrected chi connectivity index (χ1v) is 10.5. The van der Waals surface area contributed by atoms with Crippen molar-refractivity contribution in [3.8, 4) is 0 Å². The van der Waals surface area contributed by atoms with Gasteiger partial charge in [0, 0.05) is 16.8 Å². The molecule has 1 aromatic carbocycles. The summed E-state index contributed by atoms with van der Waals surface area (Å²) in [6.07, 6.45) is 6.31. The summed E-state index contributed by atoms with van der Waals surface area (Å²) < 4.78 is 53.1. The molecule has 0 unspecified atom stereocenters. The summed E-state index contributed by atoms with van der Waals surface area (Å²) in [6.45, 7) is 1.41. The average Bonchev–Trinajstić information content (AvgIpc) is 3.25. The predicted octanol–water partition coefficient (Wildman–Crippen LogP) is 2.57. The molecule has 7 nitrogen and oxygen atoms in total. The van der Waals surface area contributed by atoms with Crippen LogP contribution in [0.15, 0.2) is 34.1 Å². The molecule has 0 aliphatic heterocycles. The number of aromatic nitrogens is 3. The molecule has 0 saturated carbocycles. The van der Waals surface area contributed by atoms with E-state index >= 15 is 0 Å². The number of fused-ring (bicyclic) bond motifs is 1. The molecule has 10 heteroatoms. The number of pyridine rings is 1. The van der Waals surface area contributed by atoms with Crippen molar-refractivity contribution in [1.29, 1.82) is 0 Å². The molecule has 0 saturated heterocycles. The van der Waals surface area contributed by atoms with Crippen LogP contribution in [0.3, 0.4) is 0 Å². The van der Waals surface area contributed by atoms with Crippen molar-refractivity contribution in [2.24, 2.45) is 5.14 Å². The number of halogens is 2. The third-order valence-electron chi connectivity index (χ3n) is 5.12. The van der Waals surface area contributed by atoms with Crippen molar-refractivity contribution < 1.29 is 17.2 Å². The van der Waals surface area contributed by atoms with Gasteiger partial charge in [0.25, 0.3) is 0 Å². The topological polar surface area (TPSA) is 111 Å². The van der Waals surface area contributed by atoms with Crippen LogP contribution in [0.5, 0.6) is 0 Å². The molecule has 0 spiro atoms. The number of hydrogen-bond donors (Lipinski definition) is 2. The number of benzene rings is 1. The summed E-state index contributed by atoms with van der Waals surface area (Å²) >= 11 is 0. The second-order valence-corrected chi connectivity index (χ2v) is 8.59. The number of nitrogens with two attached hydrogens (primary N) is 1. The third-order valence-corrected chi connectivity index (χ3v) is 6.01. The van der Waals surface area contributed by atoms with E-state index in [0.29, 0.717) is 28.9 Å². The van der Waals surface area contributed by atoms with E-state index in [0.717, 1.165) is 30.4 Å². The Balaban J connectivity index is 1.91. The highest BCUT2D eigenvalue weighted by Gasteiger charge is 2.22. The van der Waals surface area contributed by atoms with Gasteiger partial charge in [-0.3, -0.25) is 9.55 Å². The van der Waals surface area contributed by atoms with Crippen LogP contribution in [0.25, 0.3) is 16.6 Å². The fraction of sp³-hybridized carbons (Fsp3) is 0.263. The van der Waals surface area contributed by atoms with Crippen LogP contribution >= 0.6 is 0 Å². The Morgan fingerprint density at radius 2 is 1.97 bits per heavy atom. The number of allylic oxidation sites excluding steroid dienone is 2. The van der Waals surface area contributed by atoms with Gasteiger partial charge < -0.3 is 4.98 Å². The standard InChI is InChI=1S/C19H18F2N4O3S/c1-10-17(11-4-2-3-5-11)18-16(8-23-10)24-19(26)25(18)9-13-14(20)6-12(7-15(13)21)29(22,27)28/h4,6-8H,2-3,5,9H2,1H3,(H,24,26)(H2,22,27,28). The smallest absolute Gasteiger partial charge is 0.304 e. The summed E-state index contributed by atoms with van der Waals surface area (Å²) in [5.41, 5.74) is 2.54. The molecular formula is C19H18F2N4O3S. The van der Waals surface area contributed by atoms with Gasteiger partial charge in [-0.2, -0.15) is 0 Å². The molecule has 1 aliphatic rings. The number of hydrogen-bond acceptors (Lipinski definition) is 4. The normalized spacial score (nSPS) is 14.6. The highest BCUT2D eigenvalue weighted by molar-refractivity contribution is 7.89. The summed E-state index contributed by atoms with van der Waals surface area (Å²) in [5.74, 6) is -2.19. The maximum absolute atomic E-state index is 14.5. The lowest BCUT2D eigenvalue weighted by molar-refractivity contribution is 0.535. The fourth-order valence-electron chi connectivity index (χ4n) is 3.74. The third kappa shape index (κ3) is 3.38. The average molecular weight is 420 g/mol. The van der Waals surface area contributed by atoms with E-state index in [4.69, 9.17) is 5.14 Å². The minimum atomic E-state index is -4.26. The minimum Gasteiger partial charge on any atom is -0.304 e. The minimum absolute atomic E-state index is 0.412. The van der Waals surface area contributed by atoms with Gasteiger partial charge in [-0.25, -0.2) is 27.1 Å². The molecule has 2 aromatic heterocycles. The van der Waals surface area contributed by atoms with Crippen molar-refractivity contribution in [2.45, 2.75) is 37.6 Å². The van der Waals surface area contributed by atoms with Crippen LogP contribution in [-0.4, -0.2) is 23.0 Å². The van der Waals surface area contributed by atoms with Crippen LogP contribution in [0.1, 0.15) is 36.1 Å². The Kier molecular flexibility index (Phi) is 4.62. The van der Waals surface area contributed by atoms with Crippen LogP contribution in [0.2, 0.25) is 0 Å². The van der Waals surface area contributed by atoms with Crippen LogP contribution in [0, 0.1) is 18.6 Å². The summed E-state index contributed by atoms with van der Waals surface area (Å²) in [6, 6.07) is 1.31. The molecule has 152 valence electrons. The Labute approximate surface area is 164 Å². The molecule has 2 heterocycles. The van der Waals surface area contributed by atoms with Crippen LogP contribution in [-0.2, 0) is 16.6 Å². The Morgan fingerprint density at radius 3 is 2.55 bits per heavy atom. The molecule has 0 fully saturated rings. The second kappa shape index (κ2) is 6.89. The molecule has 0 amide bonds. The Bertz CT molecular complexity index is 1320. The van der Waals surface area contributed by atoms with Crippen LogP contribution < -0.4 is 10.8 Å². The monoisotopic (exact) mass is 420 g/mol. The van der Waals surface area contributed by atoms with E-state index in [1.54, 1.807) is 0 Å². The van der Waals surface area contributed by atoms with Crippen molar-refractivity contribution >= 4 is 26.6 Å². The van der Waals surface area contributed by atoms with Gasteiger partial charge in [-0.05, 0) is 43.9 Å². The number of sulfonamides is 1. The number of rotatable bonds is 4. The summed E-state index contributed by atoms with van der Waals surface area (Å²) in [4.78, 5) is 18.9.